The smallest absolute Gasteiger partial charge is 0.340 e. The first-order chi connectivity index (χ1) is 14.5. The predicted octanol–water partition coefficient (Wildman–Crippen LogP) is 4.96. The summed E-state index contributed by atoms with van der Waals surface area (Å²) in [5.41, 5.74) is 2.03. The van der Waals surface area contributed by atoms with E-state index < -0.39 is 12.1 Å². The van der Waals surface area contributed by atoms with Gasteiger partial charge in [-0.2, -0.15) is 0 Å². The van der Waals surface area contributed by atoms with Crippen LogP contribution in [-0.2, 0) is 11.3 Å². The summed E-state index contributed by atoms with van der Waals surface area (Å²) in [6.07, 6.45) is -1.11. The molecule has 4 rings (SSSR count). The quantitative estimate of drug-likeness (QED) is 0.286. The fraction of sp³-hybridized carbons (Fsp3) is 0.0909. The highest BCUT2D eigenvalue weighted by molar-refractivity contribution is 9.10. The minimum Gasteiger partial charge on any atom is -0.448 e. The standard InChI is InChI=1S/C22H15BrClN3O3/c23-15-11-9-14(10-12-15)21(28)20(30-22(29)16-5-1-2-6-17(16)24)13-27-19-8-4-3-7-18(19)25-26-27/h1-12,20H,13H2. The van der Waals surface area contributed by atoms with Gasteiger partial charge in [-0.1, -0.05) is 69.1 Å². The number of hydrogen-bond donors (Lipinski definition) is 0. The van der Waals surface area contributed by atoms with Crippen molar-refractivity contribution in [1.82, 2.24) is 15.0 Å². The van der Waals surface area contributed by atoms with E-state index in [1.807, 2.05) is 24.3 Å². The fourth-order valence-electron chi connectivity index (χ4n) is 3.00. The summed E-state index contributed by atoms with van der Waals surface area (Å²) < 4.78 is 8.00. The second kappa shape index (κ2) is 8.77. The van der Waals surface area contributed by atoms with E-state index in [0.717, 1.165) is 9.99 Å². The normalized spacial score (nSPS) is 11.9. The number of nitrogens with zero attached hydrogens (tertiary/aromatic N) is 3. The van der Waals surface area contributed by atoms with Gasteiger partial charge >= 0.3 is 5.97 Å². The lowest BCUT2D eigenvalue weighted by Crippen LogP contribution is -2.32. The van der Waals surface area contributed by atoms with Crippen LogP contribution in [0, 0.1) is 0 Å². The SMILES string of the molecule is O=C(OC(Cn1nnc2ccccc21)C(=O)c1ccc(Br)cc1)c1ccccc1Cl. The number of esters is 1. The van der Waals surface area contributed by atoms with Crippen molar-refractivity contribution in [3.05, 3.63) is 93.4 Å². The van der Waals surface area contributed by atoms with Gasteiger partial charge in [-0.15, -0.1) is 5.10 Å². The zero-order valence-electron chi connectivity index (χ0n) is 15.5. The van der Waals surface area contributed by atoms with Crippen LogP contribution in [-0.4, -0.2) is 32.9 Å². The average Bonchev–Trinajstić information content (AvgIpc) is 3.16. The predicted molar refractivity (Wildman–Crippen MR) is 117 cm³/mol. The van der Waals surface area contributed by atoms with E-state index in [1.165, 1.54) is 0 Å². The Balaban J connectivity index is 1.67. The molecule has 1 heterocycles. The molecule has 8 heteroatoms. The van der Waals surface area contributed by atoms with Crippen molar-refractivity contribution >= 4 is 50.3 Å². The molecule has 0 N–H and O–H groups in total. The van der Waals surface area contributed by atoms with E-state index in [-0.39, 0.29) is 22.9 Å². The minimum atomic E-state index is -1.11. The van der Waals surface area contributed by atoms with Crippen molar-refractivity contribution in [2.24, 2.45) is 0 Å². The number of carbonyl (C=O) groups excluding carboxylic acids is 2. The van der Waals surface area contributed by atoms with Crippen molar-refractivity contribution in [2.75, 3.05) is 0 Å². The van der Waals surface area contributed by atoms with E-state index in [4.69, 9.17) is 16.3 Å². The van der Waals surface area contributed by atoms with E-state index in [9.17, 15) is 9.59 Å². The van der Waals surface area contributed by atoms with Crippen LogP contribution < -0.4 is 0 Å². The Morgan fingerprint density at radius 2 is 1.70 bits per heavy atom. The Labute approximate surface area is 185 Å². The van der Waals surface area contributed by atoms with Gasteiger partial charge in [-0.3, -0.25) is 4.79 Å². The summed E-state index contributed by atoms with van der Waals surface area (Å²) >= 11 is 9.47. The lowest BCUT2D eigenvalue weighted by Gasteiger charge is -2.18. The molecule has 0 radical (unpaired) electrons. The molecule has 0 aliphatic carbocycles. The molecule has 150 valence electrons. The van der Waals surface area contributed by atoms with E-state index in [0.29, 0.717) is 11.1 Å². The molecule has 1 aromatic heterocycles. The lowest BCUT2D eigenvalue weighted by atomic mass is 10.1. The highest BCUT2D eigenvalue weighted by Gasteiger charge is 2.27. The molecule has 0 saturated carbocycles. The van der Waals surface area contributed by atoms with Crippen LogP contribution in [0.3, 0.4) is 0 Å². The molecule has 0 aliphatic heterocycles. The van der Waals surface area contributed by atoms with Crippen LogP contribution in [0.1, 0.15) is 20.7 Å². The Morgan fingerprint density at radius 3 is 2.47 bits per heavy atom. The molecule has 30 heavy (non-hydrogen) atoms. The minimum absolute atomic E-state index is 0.0194. The number of hydrogen-bond acceptors (Lipinski definition) is 5. The molecular weight excluding hydrogens is 470 g/mol. The number of rotatable bonds is 6. The summed E-state index contributed by atoms with van der Waals surface area (Å²) in [6, 6.07) is 20.7. The van der Waals surface area contributed by atoms with Gasteiger partial charge in [0.1, 0.15) is 5.52 Å². The number of halogens is 2. The number of carbonyl (C=O) groups is 2. The van der Waals surface area contributed by atoms with Crippen molar-refractivity contribution in [3.8, 4) is 0 Å². The number of benzene rings is 3. The number of para-hydroxylation sites is 1. The van der Waals surface area contributed by atoms with Gasteiger partial charge < -0.3 is 4.74 Å². The Kier molecular flexibility index (Phi) is 5.92. The van der Waals surface area contributed by atoms with Crippen molar-refractivity contribution in [3.63, 3.8) is 0 Å². The van der Waals surface area contributed by atoms with Gasteiger partial charge in [-0.05, 0) is 36.4 Å². The van der Waals surface area contributed by atoms with Gasteiger partial charge in [-0.25, -0.2) is 9.48 Å². The van der Waals surface area contributed by atoms with Gasteiger partial charge in [0.2, 0.25) is 5.78 Å². The Morgan fingerprint density at radius 1 is 1.00 bits per heavy atom. The zero-order valence-corrected chi connectivity index (χ0v) is 17.9. The molecule has 0 aliphatic rings. The molecular formula is C22H15BrClN3O3. The summed E-state index contributed by atoms with van der Waals surface area (Å²) in [5.74, 6) is -1.03. The highest BCUT2D eigenvalue weighted by Crippen LogP contribution is 2.20. The molecule has 0 spiro atoms. The molecule has 0 bridgehead atoms. The summed E-state index contributed by atoms with van der Waals surface area (Å²) in [5, 5.41) is 8.47. The first kappa shape index (κ1) is 20.3. The van der Waals surface area contributed by atoms with E-state index >= 15 is 0 Å². The first-order valence-electron chi connectivity index (χ1n) is 9.06. The molecule has 0 fully saturated rings. The van der Waals surface area contributed by atoms with Crippen molar-refractivity contribution < 1.29 is 14.3 Å². The van der Waals surface area contributed by atoms with Crippen molar-refractivity contribution in [1.29, 1.82) is 0 Å². The number of ketones is 1. The third kappa shape index (κ3) is 4.27. The maximum Gasteiger partial charge on any atom is 0.340 e. The summed E-state index contributed by atoms with van der Waals surface area (Å²) in [6.45, 7) is 0.0194. The van der Waals surface area contributed by atoms with Crippen LogP contribution >= 0.6 is 27.5 Å². The topological polar surface area (TPSA) is 74.1 Å². The third-order valence-corrected chi connectivity index (χ3v) is 5.38. The molecule has 4 aromatic rings. The van der Waals surface area contributed by atoms with Crippen molar-refractivity contribution in [2.45, 2.75) is 12.6 Å². The van der Waals surface area contributed by atoms with Crippen LogP contribution in [0.4, 0.5) is 0 Å². The van der Waals surface area contributed by atoms with Gasteiger partial charge in [0.05, 0.1) is 22.6 Å². The monoisotopic (exact) mass is 483 g/mol. The summed E-state index contributed by atoms with van der Waals surface area (Å²) in [7, 11) is 0. The highest BCUT2D eigenvalue weighted by atomic mass is 79.9. The number of ether oxygens (including phenoxy) is 1. The summed E-state index contributed by atoms with van der Waals surface area (Å²) in [4.78, 5) is 25.9. The maximum atomic E-state index is 13.2. The molecule has 0 amide bonds. The molecule has 6 nitrogen and oxygen atoms in total. The van der Waals surface area contributed by atoms with Gasteiger partial charge in [0.25, 0.3) is 0 Å². The third-order valence-electron chi connectivity index (χ3n) is 4.52. The fourth-order valence-corrected chi connectivity index (χ4v) is 3.48. The number of aromatic nitrogens is 3. The molecule has 0 saturated heterocycles. The van der Waals surface area contributed by atoms with Gasteiger partial charge in [0, 0.05) is 10.0 Å². The molecule has 3 aromatic carbocycles. The van der Waals surface area contributed by atoms with Crippen LogP contribution in [0.2, 0.25) is 5.02 Å². The number of fused-ring (bicyclic) bond motifs is 1. The average molecular weight is 485 g/mol. The Bertz CT molecular complexity index is 1220. The van der Waals surface area contributed by atoms with Crippen LogP contribution in [0.25, 0.3) is 11.0 Å². The zero-order chi connectivity index (χ0) is 21.1. The lowest BCUT2D eigenvalue weighted by molar-refractivity contribution is 0.0245. The number of Topliss-reactive ketones (excluding diaryl/α,β-unsaturated/α-hetero) is 1. The second-order valence-corrected chi connectivity index (χ2v) is 7.83. The molecule has 1 unspecified atom stereocenters. The van der Waals surface area contributed by atoms with Gasteiger partial charge in [0.15, 0.2) is 6.10 Å². The Hall–Kier alpha value is -3.03. The first-order valence-corrected chi connectivity index (χ1v) is 10.2. The maximum absolute atomic E-state index is 13.2. The van der Waals surface area contributed by atoms with Crippen LogP contribution in [0.5, 0.6) is 0 Å². The molecule has 1 atom stereocenters. The van der Waals surface area contributed by atoms with E-state index in [1.54, 1.807) is 53.2 Å². The second-order valence-electron chi connectivity index (χ2n) is 6.51. The van der Waals surface area contributed by atoms with Crippen LogP contribution in [0.15, 0.2) is 77.3 Å². The largest absolute Gasteiger partial charge is 0.448 e. The van der Waals surface area contributed by atoms with E-state index in [2.05, 4.69) is 26.2 Å².